The van der Waals surface area contributed by atoms with Crippen LogP contribution in [0.5, 0.6) is 0 Å². The van der Waals surface area contributed by atoms with Gasteiger partial charge in [0, 0.05) is 17.8 Å². The van der Waals surface area contributed by atoms with E-state index in [4.69, 9.17) is 10.5 Å². The number of carbonyl (C=O) groups is 2. The van der Waals surface area contributed by atoms with E-state index < -0.39 is 5.91 Å². The summed E-state index contributed by atoms with van der Waals surface area (Å²) in [6.07, 6.45) is 14.6. The second-order valence-corrected chi connectivity index (χ2v) is 13.5. The number of primary amides is 1. The van der Waals surface area contributed by atoms with E-state index in [9.17, 15) is 14.9 Å². The molecule has 0 aromatic heterocycles. The molecule has 206 valence electrons. The van der Waals surface area contributed by atoms with Gasteiger partial charge in [-0.15, -0.1) is 0 Å². The first kappa shape index (κ1) is 27.9. The van der Waals surface area contributed by atoms with E-state index in [1.807, 2.05) is 36.4 Å². The lowest BCUT2D eigenvalue weighted by Gasteiger charge is -2.58. The van der Waals surface area contributed by atoms with Crippen molar-refractivity contribution in [1.82, 2.24) is 0 Å². The van der Waals surface area contributed by atoms with Crippen molar-refractivity contribution >= 4 is 33.9 Å². The minimum Gasteiger partial charge on any atom is -0.462 e. The van der Waals surface area contributed by atoms with Crippen molar-refractivity contribution in [2.45, 2.75) is 78.2 Å². The first-order chi connectivity index (χ1) is 18.6. The second kappa shape index (κ2) is 10.7. The molecule has 0 radical (unpaired) electrons. The number of nitrogens with zero attached hydrogens (tertiary/aromatic N) is 1. The third kappa shape index (κ3) is 5.04. The lowest BCUT2D eigenvalue weighted by atomic mass is 9.47. The molecular weight excluding hydrogens is 552 g/mol. The van der Waals surface area contributed by atoms with Gasteiger partial charge in [-0.3, -0.25) is 9.59 Å². The fourth-order valence-corrected chi connectivity index (χ4v) is 9.13. The number of allylic oxidation sites excluding steroid dienone is 3. The van der Waals surface area contributed by atoms with Gasteiger partial charge in [-0.25, -0.2) is 0 Å². The Balaban J connectivity index is 1.44. The normalized spacial score (nSPS) is 36.1. The number of halogens is 1. The molecule has 4 aliphatic carbocycles. The van der Waals surface area contributed by atoms with Gasteiger partial charge < -0.3 is 10.5 Å². The lowest BCUT2D eigenvalue weighted by Crippen LogP contribution is -2.50. The zero-order valence-corrected chi connectivity index (χ0v) is 24.8. The Hall–Kier alpha value is -2.65. The van der Waals surface area contributed by atoms with Gasteiger partial charge in [-0.05, 0) is 103 Å². The van der Waals surface area contributed by atoms with E-state index >= 15 is 0 Å². The predicted molar refractivity (Wildman–Crippen MR) is 156 cm³/mol. The molecule has 2 N–H and O–H groups in total. The SMILES string of the molecule is CC(=O)O[C@H]1CC[C@@]2(C)C(=CC[C@H]3[C@@H]4CC[C@H](C(/C=C/c5ccc(Br)cc5)=C(\C#N)C(N)=O)[C@@]4(C)CC[C@@H]32)C1. The number of hydrogen-bond donors (Lipinski definition) is 1. The van der Waals surface area contributed by atoms with Crippen LogP contribution in [-0.2, 0) is 14.3 Å². The Bertz CT molecular complexity index is 1290. The minimum atomic E-state index is -0.643. The van der Waals surface area contributed by atoms with Gasteiger partial charge in [0.05, 0.1) is 0 Å². The highest BCUT2D eigenvalue weighted by Crippen LogP contribution is 2.67. The standard InChI is InChI=1S/C33H39BrN2O3/c1-20(37)39-24-14-16-32(2)22(18-24)7-11-26-29-13-12-28(33(29,3)17-15-30(26)32)25(27(19-35)31(36)38)10-6-21-4-8-23(34)9-5-21/h4-10,24,26,28-30H,11-18H2,1-3H3,(H2,36,38)/b10-6+,27-25+/t24-,26-,28+,29-,30-,32-,33+/m0/s1. The monoisotopic (exact) mass is 590 g/mol. The molecule has 1 aromatic rings. The van der Waals surface area contributed by atoms with Crippen LogP contribution in [0.4, 0.5) is 0 Å². The van der Waals surface area contributed by atoms with Crippen LogP contribution in [-0.4, -0.2) is 18.0 Å². The Morgan fingerprint density at radius 2 is 1.85 bits per heavy atom. The Labute approximate surface area is 240 Å². The van der Waals surface area contributed by atoms with Crippen LogP contribution < -0.4 is 5.73 Å². The highest BCUT2D eigenvalue weighted by Gasteiger charge is 2.59. The number of benzene rings is 1. The van der Waals surface area contributed by atoms with E-state index in [0.717, 1.165) is 67.0 Å². The van der Waals surface area contributed by atoms with Gasteiger partial charge in [-0.2, -0.15) is 5.26 Å². The van der Waals surface area contributed by atoms with E-state index in [2.05, 4.69) is 41.9 Å². The van der Waals surface area contributed by atoms with Crippen molar-refractivity contribution in [1.29, 1.82) is 5.26 Å². The molecule has 5 rings (SSSR count). The molecule has 3 saturated carbocycles. The molecule has 0 unspecified atom stereocenters. The summed E-state index contributed by atoms with van der Waals surface area (Å²) in [7, 11) is 0. The molecule has 0 heterocycles. The summed E-state index contributed by atoms with van der Waals surface area (Å²) < 4.78 is 6.61. The summed E-state index contributed by atoms with van der Waals surface area (Å²) in [5, 5.41) is 9.98. The van der Waals surface area contributed by atoms with Crippen molar-refractivity contribution in [3.63, 3.8) is 0 Å². The van der Waals surface area contributed by atoms with Crippen LogP contribution in [0.1, 0.15) is 77.7 Å². The summed E-state index contributed by atoms with van der Waals surface area (Å²) in [5.41, 5.74) is 9.32. The maximum absolute atomic E-state index is 12.4. The molecule has 39 heavy (non-hydrogen) atoms. The molecule has 0 spiro atoms. The van der Waals surface area contributed by atoms with Crippen molar-refractivity contribution in [2.75, 3.05) is 0 Å². The third-order valence-corrected chi connectivity index (χ3v) is 11.3. The van der Waals surface area contributed by atoms with Crippen LogP contribution in [0.15, 0.2) is 57.6 Å². The largest absolute Gasteiger partial charge is 0.462 e. The van der Waals surface area contributed by atoms with Crippen molar-refractivity contribution in [3.05, 3.63) is 63.2 Å². The minimum absolute atomic E-state index is 0.00602. The average Bonchev–Trinajstić information content (AvgIpc) is 3.24. The van der Waals surface area contributed by atoms with Gasteiger partial charge in [0.2, 0.25) is 0 Å². The Morgan fingerprint density at radius 3 is 2.51 bits per heavy atom. The zero-order valence-electron chi connectivity index (χ0n) is 23.2. The number of amides is 1. The van der Waals surface area contributed by atoms with Crippen LogP contribution in [0.2, 0.25) is 0 Å². The summed E-state index contributed by atoms with van der Waals surface area (Å²) in [6.45, 7) is 6.35. The summed E-state index contributed by atoms with van der Waals surface area (Å²) in [4.78, 5) is 24.0. The van der Waals surface area contributed by atoms with Gasteiger partial charge in [0.15, 0.2) is 0 Å². The topological polar surface area (TPSA) is 93.2 Å². The van der Waals surface area contributed by atoms with Gasteiger partial charge >= 0.3 is 5.97 Å². The van der Waals surface area contributed by atoms with E-state index in [1.54, 1.807) is 0 Å². The molecule has 0 saturated heterocycles. The molecular formula is C33H39BrN2O3. The molecule has 4 aliphatic rings. The molecule has 0 aliphatic heterocycles. The number of esters is 1. The number of hydrogen-bond acceptors (Lipinski definition) is 4. The fourth-order valence-electron chi connectivity index (χ4n) is 8.87. The van der Waals surface area contributed by atoms with Crippen molar-refractivity contribution in [3.8, 4) is 6.07 Å². The van der Waals surface area contributed by atoms with Crippen LogP contribution in [0.25, 0.3) is 6.08 Å². The Morgan fingerprint density at radius 1 is 1.10 bits per heavy atom. The zero-order chi connectivity index (χ0) is 27.9. The van der Waals surface area contributed by atoms with E-state index in [-0.39, 0.29) is 34.4 Å². The summed E-state index contributed by atoms with van der Waals surface area (Å²) in [6, 6.07) is 10.2. The second-order valence-electron chi connectivity index (χ2n) is 12.6. The average molecular weight is 592 g/mol. The molecule has 5 nitrogen and oxygen atoms in total. The number of carbonyl (C=O) groups excluding carboxylic acids is 2. The predicted octanol–water partition coefficient (Wildman–Crippen LogP) is 7.28. The summed E-state index contributed by atoms with van der Waals surface area (Å²) in [5.74, 6) is 1.03. The van der Waals surface area contributed by atoms with Crippen molar-refractivity contribution < 1.29 is 14.3 Å². The number of rotatable bonds is 5. The number of ether oxygens (including phenoxy) is 1. The van der Waals surface area contributed by atoms with Crippen molar-refractivity contribution in [2.24, 2.45) is 40.2 Å². The molecule has 3 fully saturated rings. The van der Waals surface area contributed by atoms with Crippen LogP contribution in [0, 0.1) is 45.8 Å². The van der Waals surface area contributed by atoms with E-state index in [1.165, 1.54) is 12.5 Å². The first-order valence-corrected chi connectivity index (χ1v) is 15.1. The fraction of sp³-hybridized carbons (Fsp3) is 0.545. The molecule has 0 bridgehead atoms. The Kier molecular flexibility index (Phi) is 7.68. The maximum atomic E-state index is 12.4. The van der Waals surface area contributed by atoms with Gasteiger partial charge in [0.1, 0.15) is 17.7 Å². The van der Waals surface area contributed by atoms with Crippen LogP contribution in [0.3, 0.4) is 0 Å². The molecule has 7 atom stereocenters. The highest BCUT2D eigenvalue weighted by atomic mass is 79.9. The molecule has 6 heteroatoms. The smallest absolute Gasteiger partial charge is 0.302 e. The van der Waals surface area contributed by atoms with Crippen LogP contribution >= 0.6 is 15.9 Å². The van der Waals surface area contributed by atoms with E-state index in [0.29, 0.717) is 17.8 Å². The number of fused-ring (bicyclic) bond motifs is 5. The molecule has 1 amide bonds. The number of nitrogens with two attached hydrogens (primary N) is 1. The maximum Gasteiger partial charge on any atom is 0.302 e. The highest BCUT2D eigenvalue weighted by molar-refractivity contribution is 9.10. The first-order valence-electron chi connectivity index (χ1n) is 14.3. The van der Waals surface area contributed by atoms with Gasteiger partial charge in [0.25, 0.3) is 5.91 Å². The molecule has 1 aromatic carbocycles. The third-order valence-electron chi connectivity index (χ3n) is 10.7. The lowest BCUT2D eigenvalue weighted by molar-refractivity contribution is -0.148. The van der Waals surface area contributed by atoms with Gasteiger partial charge in [-0.1, -0.05) is 65.7 Å². The quantitative estimate of drug-likeness (QED) is 0.128. The number of nitriles is 1. The summed E-state index contributed by atoms with van der Waals surface area (Å²) >= 11 is 3.48.